The van der Waals surface area contributed by atoms with Crippen molar-refractivity contribution in [2.24, 2.45) is 0 Å². The topological polar surface area (TPSA) is 26.3 Å². The van der Waals surface area contributed by atoms with E-state index in [-0.39, 0.29) is 11.3 Å². The van der Waals surface area contributed by atoms with E-state index < -0.39 is 23.2 Å². The SMILES string of the molecule is CCCCCc1ccc(-c2ccc(OC(=O)c3ccc(CCC)c(F)c3F)cc2)cc1. The third kappa shape index (κ3) is 5.78. The van der Waals surface area contributed by atoms with Gasteiger partial charge in [0, 0.05) is 0 Å². The number of carbonyl (C=O) groups is 1. The smallest absolute Gasteiger partial charge is 0.346 e. The molecule has 0 atom stereocenters. The Kier molecular flexibility index (Phi) is 7.94. The molecule has 3 aromatic rings. The highest BCUT2D eigenvalue weighted by Gasteiger charge is 2.20. The first-order chi connectivity index (χ1) is 15.0. The van der Waals surface area contributed by atoms with Gasteiger partial charge in [-0.25, -0.2) is 13.6 Å². The molecule has 0 aliphatic carbocycles. The molecule has 0 fully saturated rings. The monoisotopic (exact) mass is 422 g/mol. The Hall–Kier alpha value is -3.01. The molecule has 0 amide bonds. The van der Waals surface area contributed by atoms with Crippen molar-refractivity contribution in [2.75, 3.05) is 0 Å². The van der Waals surface area contributed by atoms with Crippen molar-refractivity contribution in [2.45, 2.75) is 52.4 Å². The maximum absolute atomic E-state index is 14.3. The van der Waals surface area contributed by atoms with Crippen LogP contribution in [-0.2, 0) is 12.8 Å². The van der Waals surface area contributed by atoms with E-state index in [1.807, 2.05) is 19.1 Å². The van der Waals surface area contributed by atoms with Crippen LogP contribution in [0.25, 0.3) is 11.1 Å². The fraction of sp³-hybridized carbons (Fsp3) is 0.296. The molecular formula is C27H28F2O2. The van der Waals surface area contributed by atoms with E-state index >= 15 is 0 Å². The molecule has 4 heteroatoms. The van der Waals surface area contributed by atoms with Crippen molar-refractivity contribution >= 4 is 5.97 Å². The van der Waals surface area contributed by atoms with Gasteiger partial charge in [-0.05, 0) is 59.7 Å². The molecular weight excluding hydrogens is 394 g/mol. The standard InChI is InChI=1S/C27H28F2O2/c1-3-5-6-8-19-9-11-20(12-10-19)21-13-16-23(17-14-21)31-27(30)24-18-15-22(7-4-2)25(28)26(24)29/h9-18H,3-8H2,1-2H3. The fourth-order valence-corrected chi connectivity index (χ4v) is 3.53. The lowest BCUT2D eigenvalue weighted by Crippen LogP contribution is -2.12. The number of carbonyl (C=O) groups excluding carboxylic acids is 1. The molecule has 0 aliphatic rings. The maximum Gasteiger partial charge on any atom is 0.346 e. The van der Waals surface area contributed by atoms with Gasteiger partial charge in [-0.1, -0.05) is 75.6 Å². The lowest BCUT2D eigenvalue weighted by molar-refractivity contribution is 0.0728. The molecule has 3 aromatic carbocycles. The first-order valence-corrected chi connectivity index (χ1v) is 10.9. The summed E-state index contributed by atoms with van der Waals surface area (Å²) in [4.78, 5) is 12.3. The van der Waals surface area contributed by atoms with Gasteiger partial charge < -0.3 is 4.74 Å². The number of ether oxygens (including phenoxy) is 1. The minimum Gasteiger partial charge on any atom is -0.423 e. The van der Waals surface area contributed by atoms with Crippen molar-refractivity contribution in [3.05, 3.63) is 89.0 Å². The zero-order valence-electron chi connectivity index (χ0n) is 18.1. The maximum atomic E-state index is 14.3. The summed E-state index contributed by atoms with van der Waals surface area (Å²) in [5.41, 5.74) is 3.23. The second kappa shape index (κ2) is 10.9. The van der Waals surface area contributed by atoms with Crippen LogP contribution < -0.4 is 4.74 Å². The summed E-state index contributed by atoms with van der Waals surface area (Å²) >= 11 is 0. The van der Waals surface area contributed by atoms with E-state index in [2.05, 4.69) is 31.2 Å². The van der Waals surface area contributed by atoms with Gasteiger partial charge in [-0.3, -0.25) is 0 Å². The van der Waals surface area contributed by atoms with Gasteiger partial charge in [0.15, 0.2) is 11.6 Å². The first-order valence-electron chi connectivity index (χ1n) is 10.9. The van der Waals surface area contributed by atoms with E-state index in [9.17, 15) is 13.6 Å². The summed E-state index contributed by atoms with van der Waals surface area (Å²) in [6.45, 7) is 4.08. The van der Waals surface area contributed by atoms with Crippen LogP contribution in [-0.4, -0.2) is 5.97 Å². The van der Waals surface area contributed by atoms with Gasteiger partial charge in [0.25, 0.3) is 0 Å². The van der Waals surface area contributed by atoms with E-state index in [0.29, 0.717) is 12.8 Å². The molecule has 0 spiro atoms. The van der Waals surface area contributed by atoms with Crippen LogP contribution in [0.4, 0.5) is 8.78 Å². The van der Waals surface area contributed by atoms with Gasteiger partial charge in [-0.2, -0.15) is 0 Å². The summed E-state index contributed by atoms with van der Waals surface area (Å²) in [6, 6.07) is 18.2. The van der Waals surface area contributed by atoms with E-state index in [0.717, 1.165) is 17.5 Å². The summed E-state index contributed by atoms with van der Waals surface area (Å²) in [5, 5.41) is 0. The lowest BCUT2D eigenvalue weighted by atomic mass is 10.0. The third-order valence-corrected chi connectivity index (χ3v) is 5.32. The number of hydrogen-bond acceptors (Lipinski definition) is 2. The molecule has 0 saturated carbocycles. The summed E-state index contributed by atoms with van der Waals surface area (Å²) in [5.74, 6) is -2.78. The van der Waals surface area contributed by atoms with Crippen LogP contribution in [0.5, 0.6) is 5.75 Å². The van der Waals surface area contributed by atoms with E-state index in [4.69, 9.17) is 4.74 Å². The summed E-state index contributed by atoms with van der Waals surface area (Å²) in [6.07, 6.45) is 5.83. The number of halogens is 2. The largest absolute Gasteiger partial charge is 0.423 e. The molecule has 0 aromatic heterocycles. The van der Waals surface area contributed by atoms with Gasteiger partial charge in [0.1, 0.15) is 5.75 Å². The number of aryl methyl sites for hydroxylation is 2. The van der Waals surface area contributed by atoms with Crippen molar-refractivity contribution in [1.82, 2.24) is 0 Å². The minimum atomic E-state index is -1.16. The van der Waals surface area contributed by atoms with E-state index in [1.165, 1.54) is 37.0 Å². The predicted molar refractivity (Wildman–Crippen MR) is 120 cm³/mol. The molecule has 0 heterocycles. The predicted octanol–water partition coefficient (Wildman–Crippen LogP) is 7.54. The average molecular weight is 423 g/mol. The van der Waals surface area contributed by atoms with Crippen LogP contribution in [0.1, 0.15) is 61.0 Å². The molecule has 0 unspecified atom stereocenters. The van der Waals surface area contributed by atoms with Crippen molar-refractivity contribution < 1.29 is 18.3 Å². The summed E-state index contributed by atoms with van der Waals surface area (Å²) < 4.78 is 33.7. The quantitative estimate of drug-likeness (QED) is 0.202. The third-order valence-electron chi connectivity index (χ3n) is 5.32. The van der Waals surface area contributed by atoms with Crippen LogP contribution in [0.15, 0.2) is 60.7 Å². The fourth-order valence-electron chi connectivity index (χ4n) is 3.53. The Morgan fingerprint density at radius 1 is 0.742 bits per heavy atom. The highest BCUT2D eigenvalue weighted by molar-refractivity contribution is 5.91. The second-order valence-electron chi connectivity index (χ2n) is 7.72. The van der Waals surface area contributed by atoms with Crippen LogP contribution >= 0.6 is 0 Å². The molecule has 31 heavy (non-hydrogen) atoms. The Morgan fingerprint density at radius 2 is 1.39 bits per heavy atom. The summed E-state index contributed by atoms with van der Waals surface area (Å²) in [7, 11) is 0. The molecule has 162 valence electrons. The Morgan fingerprint density at radius 3 is 2.00 bits per heavy atom. The van der Waals surface area contributed by atoms with Crippen LogP contribution in [0.3, 0.4) is 0 Å². The molecule has 0 radical (unpaired) electrons. The average Bonchev–Trinajstić information content (AvgIpc) is 2.78. The molecule has 2 nitrogen and oxygen atoms in total. The molecule has 3 rings (SSSR count). The van der Waals surface area contributed by atoms with Crippen LogP contribution in [0, 0.1) is 11.6 Å². The molecule has 0 N–H and O–H groups in total. The number of unbranched alkanes of at least 4 members (excludes halogenated alkanes) is 2. The second-order valence-corrected chi connectivity index (χ2v) is 7.72. The van der Waals surface area contributed by atoms with Crippen molar-refractivity contribution in [3.63, 3.8) is 0 Å². The van der Waals surface area contributed by atoms with Gasteiger partial charge in [0.05, 0.1) is 5.56 Å². The molecule has 0 saturated heterocycles. The Labute approximate surface area is 182 Å². The van der Waals surface area contributed by atoms with Gasteiger partial charge >= 0.3 is 5.97 Å². The van der Waals surface area contributed by atoms with E-state index in [1.54, 1.807) is 12.1 Å². The zero-order chi connectivity index (χ0) is 22.2. The number of esters is 1. The first kappa shape index (κ1) is 22.7. The lowest BCUT2D eigenvalue weighted by Gasteiger charge is -2.09. The van der Waals surface area contributed by atoms with Crippen LogP contribution in [0.2, 0.25) is 0 Å². The number of rotatable bonds is 9. The number of benzene rings is 3. The number of hydrogen-bond donors (Lipinski definition) is 0. The highest BCUT2D eigenvalue weighted by atomic mass is 19.2. The highest BCUT2D eigenvalue weighted by Crippen LogP contribution is 2.25. The normalized spacial score (nSPS) is 10.8. The Balaban J connectivity index is 1.67. The van der Waals surface area contributed by atoms with Gasteiger partial charge in [-0.15, -0.1) is 0 Å². The van der Waals surface area contributed by atoms with Gasteiger partial charge in [0.2, 0.25) is 0 Å². The zero-order valence-corrected chi connectivity index (χ0v) is 18.1. The van der Waals surface area contributed by atoms with Crippen molar-refractivity contribution in [1.29, 1.82) is 0 Å². The Bertz CT molecular complexity index is 1010. The molecule has 0 bridgehead atoms. The minimum absolute atomic E-state index is 0.261. The molecule has 0 aliphatic heterocycles. The van der Waals surface area contributed by atoms with Crippen molar-refractivity contribution in [3.8, 4) is 16.9 Å².